The molecule has 1 aliphatic carbocycles. The van der Waals surface area contributed by atoms with Crippen LogP contribution in [0.3, 0.4) is 0 Å². The van der Waals surface area contributed by atoms with Gasteiger partial charge in [-0.1, -0.05) is 25.3 Å². The SMILES string of the molecule is C[C@H](OC(=O)COc1cccc(F)c1)C(=O)NC(=O)NC1CCCCC1. The van der Waals surface area contributed by atoms with Crippen molar-refractivity contribution in [3.63, 3.8) is 0 Å². The number of imide groups is 1. The van der Waals surface area contributed by atoms with Gasteiger partial charge in [-0.2, -0.15) is 0 Å². The van der Waals surface area contributed by atoms with Crippen LogP contribution < -0.4 is 15.4 Å². The lowest BCUT2D eigenvalue weighted by atomic mass is 9.96. The number of urea groups is 1. The molecule has 1 fully saturated rings. The van der Waals surface area contributed by atoms with Crippen molar-refractivity contribution in [1.82, 2.24) is 10.6 Å². The van der Waals surface area contributed by atoms with Crippen molar-refractivity contribution in [3.05, 3.63) is 30.1 Å². The standard InChI is InChI=1S/C18H23FN2O5/c1-12(17(23)21-18(24)20-14-7-3-2-4-8-14)26-16(22)11-25-15-9-5-6-13(19)10-15/h5-6,9-10,12,14H,2-4,7-8,11H2,1H3,(H2,20,21,23,24)/t12-/m0/s1. The van der Waals surface area contributed by atoms with Crippen molar-refractivity contribution in [2.75, 3.05) is 6.61 Å². The second-order valence-electron chi connectivity index (χ2n) is 6.18. The number of amides is 3. The molecule has 0 aromatic heterocycles. The molecule has 0 unspecified atom stereocenters. The molecular weight excluding hydrogens is 343 g/mol. The van der Waals surface area contributed by atoms with Crippen LogP contribution in [0.5, 0.6) is 5.75 Å². The van der Waals surface area contributed by atoms with Gasteiger partial charge in [0.25, 0.3) is 5.91 Å². The molecule has 1 aromatic carbocycles. The van der Waals surface area contributed by atoms with E-state index in [0.29, 0.717) is 0 Å². The first-order valence-corrected chi connectivity index (χ1v) is 8.63. The maximum absolute atomic E-state index is 13.0. The molecule has 0 saturated heterocycles. The molecule has 1 atom stereocenters. The highest BCUT2D eigenvalue weighted by Gasteiger charge is 2.22. The number of hydrogen-bond acceptors (Lipinski definition) is 5. The highest BCUT2D eigenvalue weighted by atomic mass is 19.1. The van der Waals surface area contributed by atoms with E-state index in [-0.39, 0.29) is 11.8 Å². The summed E-state index contributed by atoms with van der Waals surface area (Å²) in [6.07, 6.45) is 3.89. The van der Waals surface area contributed by atoms with Gasteiger partial charge in [-0.3, -0.25) is 10.1 Å². The Kier molecular flexibility index (Phi) is 7.37. The average molecular weight is 366 g/mol. The smallest absolute Gasteiger partial charge is 0.344 e. The van der Waals surface area contributed by atoms with Crippen LogP contribution >= 0.6 is 0 Å². The minimum Gasteiger partial charge on any atom is -0.482 e. The van der Waals surface area contributed by atoms with Crippen molar-refractivity contribution < 1.29 is 28.2 Å². The molecule has 0 aliphatic heterocycles. The minimum atomic E-state index is -1.16. The third-order valence-corrected chi connectivity index (χ3v) is 4.01. The fourth-order valence-electron chi connectivity index (χ4n) is 2.67. The topological polar surface area (TPSA) is 93.7 Å². The number of rotatable bonds is 6. The maximum atomic E-state index is 13.0. The van der Waals surface area contributed by atoms with E-state index in [2.05, 4.69) is 10.6 Å². The molecule has 7 nitrogen and oxygen atoms in total. The number of carbonyl (C=O) groups excluding carboxylic acids is 3. The third kappa shape index (κ3) is 6.70. The van der Waals surface area contributed by atoms with Crippen LogP contribution in [0.15, 0.2) is 24.3 Å². The zero-order valence-corrected chi connectivity index (χ0v) is 14.6. The van der Waals surface area contributed by atoms with Crippen LogP contribution in [0.2, 0.25) is 0 Å². The Bertz CT molecular complexity index is 646. The van der Waals surface area contributed by atoms with Crippen molar-refractivity contribution >= 4 is 17.9 Å². The molecule has 142 valence electrons. The molecule has 3 amide bonds. The van der Waals surface area contributed by atoms with Crippen LogP contribution in [0, 0.1) is 5.82 Å². The molecule has 1 aliphatic rings. The van der Waals surface area contributed by atoms with Gasteiger partial charge < -0.3 is 14.8 Å². The van der Waals surface area contributed by atoms with E-state index in [1.807, 2.05) is 0 Å². The van der Waals surface area contributed by atoms with Crippen LogP contribution in [-0.2, 0) is 14.3 Å². The van der Waals surface area contributed by atoms with Gasteiger partial charge in [0.2, 0.25) is 0 Å². The largest absolute Gasteiger partial charge is 0.482 e. The summed E-state index contributed by atoms with van der Waals surface area (Å²) in [4.78, 5) is 35.4. The molecule has 1 saturated carbocycles. The van der Waals surface area contributed by atoms with Crippen molar-refractivity contribution in [3.8, 4) is 5.75 Å². The van der Waals surface area contributed by atoms with Gasteiger partial charge in [0, 0.05) is 12.1 Å². The second kappa shape index (κ2) is 9.74. The Labute approximate surface area is 151 Å². The number of esters is 1. The normalized spacial score (nSPS) is 15.6. The Morgan fingerprint density at radius 2 is 1.96 bits per heavy atom. The Balaban J connectivity index is 1.69. The molecular formula is C18H23FN2O5. The molecule has 8 heteroatoms. The number of ether oxygens (including phenoxy) is 2. The lowest BCUT2D eigenvalue weighted by molar-refractivity contribution is -0.156. The lowest BCUT2D eigenvalue weighted by Gasteiger charge is -2.23. The maximum Gasteiger partial charge on any atom is 0.344 e. The monoisotopic (exact) mass is 366 g/mol. The summed E-state index contributed by atoms with van der Waals surface area (Å²) in [7, 11) is 0. The summed E-state index contributed by atoms with van der Waals surface area (Å²) in [5, 5.41) is 4.90. The van der Waals surface area contributed by atoms with E-state index < -0.39 is 36.4 Å². The van der Waals surface area contributed by atoms with E-state index >= 15 is 0 Å². The fraction of sp³-hybridized carbons (Fsp3) is 0.500. The Morgan fingerprint density at radius 3 is 2.65 bits per heavy atom. The molecule has 0 spiro atoms. The molecule has 26 heavy (non-hydrogen) atoms. The van der Waals surface area contributed by atoms with Gasteiger partial charge in [-0.05, 0) is 31.9 Å². The van der Waals surface area contributed by atoms with Gasteiger partial charge in [0.15, 0.2) is 12.7 Å². The summed E-state index contributed by atoms with van der Waals surface area (Å²) in [6, 6.07) is 4.77. The highest BCUT2D eigenvalue weighted by molar-refractivity contribution is 5.97. The number of hydrogen-bond donors (Lipinski definition) is 2. The number of halogens is 1. The van der Waals surface area contributed by atoms with Crippen LogP contribution in [-0.4, -0.2) is 36.7 Å². The van der Waals surface area contributed by atoms with Crippen molar-refractivity contribution in [2.24, 2.45) is 0 Å². The van der Waals surface area contributed by atoms with E-state index in [4.69, 9.17) is 9.47 Å². The van der Waals surface area contributed by atoms with Gasteiger partial charge >= 0.3 is 12.0 Å². The van der Waals surface area contributed by atoms with Gasteiger partial charge in [-0.15, -0.1) is 0 Å². The van der Waals surface area contributed by atoms with Crippen LogP contribution in [0.1, 0.15) is 39.0 Å². The zero-order chi connectivity index (χ0) is 18.9. The van der Waals surface area contributed by atoms with Gasteiger partial charge in [-0.25, -0.2) is 14.0 Å². The third-order valence-electron chi connectivity index (χ3n) is 4.01. The Morgan fingerprint density at radius 1 is 1.23 bits per heavy atom. The molecule has 2 rings (SSSR count). The molecule has 0 radical (unpaired) electrons. The van der Waals surface area contributed by atoms with Crippen molar-refractivity contribution in [2.45, 2.75) is 51.2 Å². The Hall–Kier alpha value is -2.64. The average Bonchev–Trinajstić information content (AvgIpc) is 2.60. The van der Waals surface area contributed by atoms with Gasteiger partial charge in [0.1, 0.15) is 11.6 Å². The fourth-order valence-corrected chi connectivity index (χ4v) is 2.67. The molecule has 1 aromatic rings. The first-order chi connectivity index (χ1) is 12.4. The van der Waals surface area contributed by atoms with E-state index in [1.54, 1.807) is 0 Å². The van der Waals surface area contributed by atoms with E-state index in [0.717, 1.165) is 38.2 Å². The van der Waals surface area contributed by atoms with Crippen LogP contribution in [0.25, 0.3) is 0 Å². The van der Waals surface area contributed by atoms with Crippen molar-refractivity contribution in [1.29, 1.82) is 0 Å². The van der Waals surface area contributed by atoms with Crippen LogP contribution in [0.4, 0.5) is 9.18 Å². The number of carbonyl (C=O) groups is 3. The predicted octanol–water partition coefficient (Wildman–Crippen LogP) is 2.29. The summed E-state index contributed by atoms with van der Waals surface area (Å²) < 4.78 is 23.0. The first kappa shape index (κ1) is 19.7. The summed E-state index contributed by atoms with van der Waals surface area (Å²) in [6.45, 7) is 0.874. The molecule has 0 heterocycles. The quantitative estimate of drug-likeness (QED) is 0.754. The predicted molar refractivity (Wildman–Crippen MR) is 91.0 cm³/mol. The molecule has 2 N–H and O–H groups in total. The first-order valence-electron chi connectivity index (χ1n) is 8.63. The van der Waals surface area contributed by atoms with Gasteiger partial charge in [0.05, 0.1) is 0 Å². The number of nitrogens with one attached hydrogen (secondary N) is 2. The minimum absolute atomic E-state index is 0.0640. The lowest BCUT2D eigenvalue weighted by Crippen LogP contribution is -2.48. The summed E-state index contributed by atoms with van der Waals surface area (Å²) in [5.41, 5.74) is 0. The summed E-state index contributed by atoms with van der Waals surface area (Å²) >= 11 is 0. The number of benzene rings is 1. The van der Waals surface area contributed by atoms with E-state index in [1.165, 1.54) is 25.1 Å². The zero-order valence-electron chi connectivity index (χ0n) is 14.6. The summed E-state index contributed by atoms with van der Waals surface area (Å²) in [5.74, 6) is -1.85. The van der Waals surface area contributed by atoms with E-state index in [9.17, 15) is 18.8 Å². The molecule has 0 bridgehead atoms. The second-order valence-corrected chi connectivity index (χ2v) is 6.18. The highest BCUT2D eigenvalue weighted by Crippen LogP contribution is 2.17.